The first kappa shape index (κ1) is 18.8. The number of pyridine rings is 1. The third-order valence-electron chi connectivity index (χ3n) is 4.64. The Kier molecular flexibility index (Phi) is 5.14. The number of amides is 2. The maximum absolute atomic E-state index is 12.8. The van der Waals surface area contributed by atoms with Crippen LogP contribution in [0, 0.1) is 6.92 Å². The number of rotatable bonds is 4. The third kappa shape index (κ3) is 3.50. The highest BCUT2D eigenvalue weighted by molar-refractivity contribution is 6.34. The molecule has 1 aromatic carbocycles. The number of carbonyl (C=O) groups is 3. The number of anilines is 1. The highest BCUT2D eigenvalue weighted by Crippen LogP contribution is 2.30. The van der Waals surface area contributed by atoms with Gasteiger partial charge in [0.2, 0.25) is 5.91 Å². The Morgan fingerprint density at radius 3 is 2.59 bits per heavy atom. The number of benzene rings is 1. The first-order chi connectivity index (χ1) is 12.8. The second-order valence-electron chi connectivity index (χ2n) is 6.30. The maximum Gasteiger partial charge on any atom is 0.337 e. The van der Waals surface area contributed by atoms with Gasteiger partial charge < -0.3 is 14.9 Å². The number of carboxylic acid groups (broad SMARTS) is 1. The van der Waals surface area contributed by atoms with E-state index in [0.29, 0.717) is 23.7 Å². The predicted octanol–water partition coefficient (Wildman–Crippen LogP) is 2.62. The largest absolute Gasteiger partial charge is 0.478 e. The molecule has 1 unspecified atom stereocenters. The molecule has 1 saturated heterocycles. The molecule has 0 spiro atoms. The summed E-state index contributed by atoms with van der Waals surface area (Å²) < 4.78 is 0. The maximum atomic E-state index is 12.8. The van der Waals surface area contributed by atoms with Gasteiger partial charge in [-0.15, -0.1) is 0 Å². The molecule has 1 fully saturated rings. The van der Waals surface area contributed by atoms with Crippen molar-refractivity contribution in [1.82, 2.24) is 9.88 Å². The van der Waals surface area contributed by atoms with Crippen LogP contribution < -0.4 is 4.90 Å². The lowest BCUT2D eigenvalue weighted by atomic mass is 10.1. The summed E-state index contributed by atoms with van der Waals surface area (Å²) in [7, 11) is 1.54. The number of para-hydroxylation sites is 1. The molecule has 2 amide bonds. The van der Waals surface area contributed by atoms with E-state index in [2.05, 4.69) is 4.98 Å². The van der Waals surface area contributed by atoms with Gasteiger partial charge in [-0.25, -0.2) is 9.78 Å². The molecule has 0 saturated carbocycles. The van der Waals surface area contributed by atoms with Crippen LogP contribution in [0.15, 0.2) is 36.4 Å². The van der Waals surface area contributed by atoms with E-state index in [1.54, 1.807) is 36.2 Å². The highest BCUT2D eigenvalue weighted by atomic mass is 35.5. The zero-order valence-electron chi connectivity index (χ0n) is 14.8. The van der Waals surface area contributed by atoms with Gasteiger partial charge in [0.15, 0.2) is 0 Å². The molecule has 1 aromatic heterocycles. The van der Waals surface area contributed by atoms with Crippen molar-refractivity contribution in [2.75, 3.05) is 18.5 Å². The normalized spacial score (nSPS) is 16.5. The lowest BCUT2D eigenvalue weighted by molar-refractivity contribution is -0.120. The van der Waals surface area contributed by atoms with Crippen LogP contribution in [0.4, 0.5) is 5.69 Å². The summed E-state index contributed by atoms with van der Waals surface area (Å²) in [6, 6.07) is 9.14. The zero-order valence-corrected chi connectivity index (χ0v) is 15.6. The lowest BCUT2D eigenvalue weighted by Crippen LogP contribution is -2.43. The van der Waals surface area contributed by atoms with Gasteiger partial charge in [-0.2, -0.15) is 0 Å². The number of aryl methyl sites for hydroxylation is 1. The molecule has 0 aliphatic carbocycles. The zero-order chi connectivity index (χ0) is 19.7. The number of aromatic nitrogens is 1. The third-order valence-corrected chi connectivity index (χ3v) is 4.96. The van der Waals surface area contributed by atoms with E-state index in [1.165, 1.54) is 24.0 Å². The van der Waals surface area contributed by atoms with Crippen molar-refractivity contribution in [3.05, 3.63) is 58.4 Å². The van der Waals surface area contributed by atoms with Crippen LogP contribution in [-0.4, -0.2) is 52.4 Å². The molecule has 0 bridgehead atoms. The quantitative estimate of drug-likeness (QED) is 0.870. The fourth-order valence-electron chi connectivity index (χ4n) is 3.16. The van der Waals surface area contributed by atoms with Crippen molar-refractivity contribution < 1.29 is 19.5 Å². The predicted molar refractivity (Wildman–Crippen MR) is 100 cm³/mol. The number of likely N-dealkylation sites (N-methyl/N-ethyl adjacent to an activating group) is 1. The van der Waals surface area contributed by atoms with E-state index < -0.39 is 17.9 Å². The molecule has 7 nitrogen and oxygen atoms in total. The van der Waals surface area contributed by atoms with Crippen LogP contribution in [0.5, 0.6) is 0 Å². The molecular weight excluding hydrogens is 370 g/mol. The summed E-state index contributed by atoms with van der Waals surface area (Å²) in [6.45, 7) is 1.98. The van der Waals surface area contributed by atoms with Crippen LogP contribution >= 0.6 is 11.6 Å². The van der Waals surface area contributed by atoms with Crippen molar-refractivity contribution in [2.24, 2.45) is 0 Å². The Morgan fingerprint density at radius 1 is 1.26 bits per heavy atom. The number of hydrogen-bond donors (Lipinski definition) is 1. The van der Waals surface area contributed by atoms with E-state index in [9.17, 15) is 14.4 Å². The van der Waals surface area contributed by atoms with E-state index in [0.717, 1.165) is 0 Å². The number of hydrogen-bond acceptors (Lipinski definition) is 4. The summed E-state index contributed by atoms with van der Waals surface area (Å²) >= 11 is 6.18. The number of nitrogens with zero attached hydrogens (tertiary/aromatic N) is 3. The number of halogens is 1. The van der Waals surface area contributed by atoms with Crippen molar-refractivity contribution in [2.45, 2.75) is 19.4 Å². The average Bonchev–Trinajstić information content (AvgIpc) is 3.01. The van der Waals surface area contributed by atoms with E-state index in [4.69, 9.17) is 16.7 Å². The number of carbonyl (C=O) groups excluding carboxylic acids is 2. The second-order valence-corrected chi connectivity index (χ2v) is 6.70. The molecule has 8 heteroatoms. The average molecular weight is 388 g/mol. The minimum atomic E-state index is -1.10. The Labute approximate surface area is 161 Å². The molecular formula is C19H18ClN3O4. The Morgan fingerprint density at radius 2 is 1.96 bits per heavy atom. The molecule has 140 valence electrons. The number of aromatic carboxylic acids is 1. The minimum Gasteiger partial charge on any atom is -0.478 e. The van der Waals surface area contributed by atoms with Crippen LogP contribution in [-0.2, 0) is 4.79 Å². The summed E-state index contributed by atoms with van der Waals surface area (Å²) in [5.41, 5.74) is 1.00. The van der Waals surface area contributed by atoms with Crippen LogP contribution in [0.1, 0.15) is 33.0 Å². The smallest absolute Gasteiger partial charge is 0.337 e. The molecule has 3 rings (SSSR count). The number of carboxylic acids is 1. The molecule has 27 heavy (non-hydrogen) atoms. The van der Waals surface area contributed by atoms with Crippen molar-refractivity contribution in [1.29, 1.82) is 0 Å². The minimum absolute atomic E-state index is 0.0380. The van der Waals surface area contributed by atoms with E-state index in [-0.39, 0.29) is 22.9 Å². The van der Waals surface area contributed by atoms with E-state index in [1.807, 2.05) is 0 Å². The van der Waals surface area contributed by atoms with Crippen LogP contribution in [0.2, 0.25) is 5.02 Å². The van der Waals surface area contributed by atoms with E-state index >= 15 is 0 Å². The summed E-state index contributed by atoms with van der Waals surface area (Å²) in [5, 5.41) is 9.55. The van der Waals surface area contributed by atoms with Gasteiger partial charge in [0.1, 0.15) is 11.7 Å². The molecule has 2 heterocycles. The van der Waals surface area contributed by atoms with Gasteiger partial charge >= 0.3 is 5.97 Å². The molecule has 2 aromatic rings. The van der Waals surface area contributed by atoms with Gasteiger partial charge in [0.05, 0.1) is 22.0 Å². The molecule has 0 radical (unpaired) electrons. The van der Waals surface area contributed by atoms with Gasteiger partial charge in [0.25, 0.3) is 5.91 Å². The monoisotopic (exact) mass is 387 g/mol. The van der Waals surface area contributed by atoms with Crippen LogP contribution in [0.3, 0.4) is 0 Å². The van der Waals surface area contributed by atoms with Crippen molar-refractivity contribution in [3.8, 4) is 0 Å². The lowest BCUT2D eigenvalue weighted by Gasteiger charge is -2.24. The first-order valence-corrected chi connectivity index (χ1v) is 8.73. The Hall–Kier alpha value is -2.93. The second kappa shape index (κ2) is 7.36. The molecule has 1 N–H and O–H groups in total. The fraction of sp³-hybridized carbons (Fsp3) is 0.263. The molecule has 1 aliphatic heterocycles. The topological polar surface area (TPSA) is 90.8 Å². The standard InChI is InChI=1S/C19H18ClN3O4/c1-11-12(19(26)27)7-8-14(21-11)17(24)22(2)16-9-10-23(18(16)25)15-6-4-3-5-13(15)20/h3-8,16H,9-10H2,1-2H3,(H,26,27). The summed E-state index contributed by atoms with van der Waals surface area (Å²) in [6.07, 6.45) is 0.471. The van der Waals surface area contributed by atoms with Crippen molar-refractivity contribution in [3.63, 3.8) is 0 Å². The van der Waals surface area contributed by atoms with Gasteiger partial charge in [-0.1, -0.05) is 23.7 Å². The highest BCUT2D eigenvalue weighted by Gasteiger charge is 2.38. The van der Waals surface area contributed by atoms with Gasteiger partial charge in [-0.05, 0) is 37.6 Å². The van der Waals surface area contributed by atoms with Gasteiger partial charge in [0, 0.05) is 13.6 Å². The first-order valence-electron chi connectivity index (χ1n) is 8.35. The SMILES string of the molecule is Cc1nc(C(=O)N(C)C2CCN(c3ccccc3Cl)C2=O)ccc1C(=O)O. The van der Waals surface area contributed by atoms with Crippen LogP contribution in [0.25, 0.3) is 0 Å². The van der Waals surface area contributed by atoms with Crippen molar-refractivity contribution >= 4 is 35.1 Å². The summed E-state index contributed by atoms with van der Waals surface area (Å²) in [4.78, 5) is 43.7. The van der Waals surface area contributed by atoms with Gasteiger partial charge in [-0.3, -0.25) is 9.59 Å². The summed E-state index contributed by atoms with van der Waals surface area (Å²) in [5.74, 6) is -1.75. The molecule has 1 aliphatic rings. The Bertz CT molecular complexity index is 931. The molecule has 1 atom stereocenters. The Balaban J connectivity index is 1.80. The fourth-order valence-corrected chi connectivity index (χ4v) is 3.40.